The number of para-hydroxylation sites is 1. The highest BCUT2D eigenvalue weighted by Gasteiger charge is 2.51. The molecular weight excluding hydrogens is 499 g/mol. The molecule has 0 aliphatic carbocycles. The van der Waals surface area contributed by atoms with Crippen molar-refractivity contribution in [1.82, 2.24) is 4.31 Å². The summed E-state index contributed by atoms with van der Waals surface area (Å²) in [6.45, 7) is 1.96. The van der Waals surface area contributed by atoms with Crippen LogP contribution in [0.3, 0.4) is 0 Å². The van der Waals surface area contributed by atoms with E-state index in [1.54, 1.807) is 17.5 Å². The minimum Gasteiger partial charge on any atom is -0.383 e. The van der Waals surface area contributed by atoms with Crippen molar-refractivity contribution < 1.29 is 26.7 Å². The average Bonchev–Trinajstić information content (AvgIpc) is 3.39. The molecule has 0 saturated carbocycles. The summed E-state index contributed by atoms with van der Waals surface area (Å²) >= 11 is 1.16. The van der Waals surface area contributed by atoms with Gasteiger partial charge in [0.25, 0.3) is 10.0 Å². The van der Waals surface area contributed by atoms with Crippen molar-refractivity contribution in [3.63, 3.8) is 0 Å². The Hall–Kier alpha value is -2.60. The smallest absolute Gasteiger partial charge is 0.383 e. The van der Waals surface area contributed by atoms with Gasteiger partial charge in [-0.05, 0) is 48.2 Å². The van der Waals surface area contributed by atoms with Crippen LogP contribution in [0.1, 0.15) is 12.5 Å². The fourth-order valence-electron chi connectivity index (χ4n) is 4.03. The predicted octanol–water partition coefficient (Wildman–Crippen LogP) is 4.51. The molecule has 2 N–H and O–H groups in total. The molecule has 0 amide bonds. The van der Waals surface area contributed by atoms with Crippen LogP contribution in [0.15, 0.2) is 76.3 Å². The molecule has 0 bridgehead atoms. The predicted molar refractivity (Wildman–Crippen MR) is 131 cm³/mol. The molecule has 1 aromatic heterocycles. The van der Waals surface area contributed by atoms with Crippen molar-refractivity contribution in [3.8, 4) is 0 Å². The Morgan fingerprint density at radius 3 is 2.31 bits per heavy atom. The first-order valence-corrected chi connectivity index (χ1v) is 13.3. The fourth-order valence-corrected chi connectivity index (χ4v) is 6.64. The van der Waals surface area contributed by atoms with Crippen molar-refractivity contribution in [2.24, 2.45) is 0 Å². The summed E-state index contributed by atoms with van der Waals surface area (Å²) in [7, 11) is -3.64. The van der Waals surface area contributed by atoms with Crippen LogP contribution in [0.2, 0.25) is 0 Å². The number of nitrogens with zero attached hydrogens (tertiary/aromatic N) is 2. The van der Waals surface area contributed by atoms with Crippen LogP contribution in [0.4, 0.5) is 24.5 Å². The third-order valence-corrected chi connectivity index (χ3v) is 9.40. The van der Waals surface area contributed by atoms with Gasteiger partial charge in [0, 0.05) is 37.6 Å². The first-order chi connectivity index (χ1) is 16.5. The number of hydrogen-bond acceptors (Lipinski definition) is 6. The van der Waals surface area contributed by atoms with Crippen LogP contribution in [-0.4, -0.2) is 56.2 Å². The molecule has 1 aliphatic heterocycles. The molecular formula is C24H26F3N3O3S2. The van der Waals surface area contributed by atoms with Gasteiger partial charge in [0.05, 0.1) is 6.04 Å². The highest BCUT2D eigenvalue weighted by Crippen LogP contribution is 2.39. The van der Waals surface area contributed by atoms with Gasteiger partial charge < -0.3 is 15.3 Å². The molecule has 1 aliphatic rings. The van der Waals surface area contributed by atoms with Crippen LogP contribution in [-0.2, 0) is 15.6 Å². The number of thiophene rings is 1. The van der Waals surface area contributed by atoms with Crippen molar-refractivity contribution in [1.29, 1.82) is 0 Å². The zero-order valence-corrected chi connectivity index (χ0v) is 20.6. The van der Waals surface area contributed by atoms with Crippen LogP contribution in [0.5, 0.6) is 0 Å². The number of anilines is 2. The number of piperazine rings is 1. The first-order valence-electron chi connectivity index (χ1n) is 11.0. The molecule has 2 heterocycles. The van der Waals surface area contributed by atoms with Gasteiger partial charge in [-0.15, -0.1) is 11.3 Å². The molecule has 1 saturated heterocycles. The Balaban J connectivity index is 1.58. The van der Waals surface area contributed by atoms with Gasteiger partial charge in [-0.25, -0.2) is 8.42 Å². The maximum atomic E-state index is 13.2. The van der Waals surface area contributed by atoms with Crippen LogP contribution in [0, 0.1) is 0 Å². The van der Waals surface area contributed by atoms with Crippen LogP contribution in [0.25, 0.3) is 0 Å². The molecule has 2 atom stereocenters. The van der Waals surface area contributed by atoms with E-state index in [1.807, 2.05) is 35.2 Å². The van der Waals surface area contributed by atoms with Gasteiger partial charge >= 0.3 is 6.18 Å². The second-order valence-corrected chi connectivity index (χ2v) is 11.6. The average molecular weight is 526 g/mol. The second kappa shape index (κ2) is 9.81. The third kappa shape index (κ3) is 5.32. The SMILES string of the molecule is C[C@](O)(c1ccc(N2CCN(S(=O)(=O)c3cccs3)C[C@@H]2CNc2ccccc2)cc1)C(F)(F)F. The Morgan fingerprint density at radius 1 is 1.03 bits per heavy atom. The minimum atomic E-state index is -4.81. The van der Waals surface area contributed by atoms with E-state index in [0.29, 0.717) is 18.8 Å². The monoisotopic (exact) mass is 525 g/mol. The molecule has 3 aromatic rings. The Labute approximate surface area is 206 Å². The number of rotatable bonds is 7. The quantitative estimate of drug-likeness (QED) is 0.475. The summed E-state index contributed by atoms with van der Waals surface area (Å²) in [6.07, 6.45) is -4.81. The van der Waals surface area contributed by atoms with E-state index >= 15 is 0 Å². The lowest BCUT2D eigenvalue weighted by Gasteiger charge is -2.42. The molecule has 0 unspecified atom stereocenters. The Bertz CT molecular complexity index is 1220. The van der Waals surface area contributed by atoms with E-state index < -0.39 is 21.8 Å². The number of sulfonamides is 1. The number of nitrogens with one attached hydrogen (secondary N) is 1. The second-order valence-electron chi connectivity index (χ2n) is 8.51. The van der Waals surface area contributed by atoms with Crippen molar-refractivity contribution in [2.45, 2.75) is 29.0 Å². The molecule has 0 radical (unpaired) electrons. The van der Waals surface area contributed by atoms with E-state index in [1.165, 1.54) is 28.6 Å². The summed E-state index contributed by atoms with van der Waals surface area (Å²) < 4.78 is 67.7. The molecule has 1 fully saturated rings. The van der Waals surface area contributed by atoms with Crippen molar-refractivity contribution in [2.75, 3.05) is 36.4 Å². The summed E-state index contributed by atoms with van der Waals surface area (Å²) in [5.74, 6) is 0. The molecule has 6 nitrogen and oxygen atoms in total. The molecule has 11 heteroatoms. The Kier molecular flexibility index (Phi) is 7.14. The summed E-state index contributed by atoms with van der Waals surface area (Å²) in [4.78, 5) is 1.99. The lowest BCUT2D eigenvalue weighted by Crippen LogP contribution is -2.57. The van der Waals surface area contributed by atoms with Crippen molar-refractivity contribution >= 4 is 32.7 Å². The van der Waals surface area contributed by atoms with Gasteiger partial charge in [0.1, 0.15) is 4.21 Å². The Morgan fingerprint density at radius 2 is 1.71 bits per heavy atom. The van der Waals surface area contributed by atoms with Gasteiger partial charge in [-0.2, -0.15) is 17.5 Å². The standard InChI is InChI=1S/C24H26F3N3O3S2/c1-23(31,24(25,26)27)18-9-11-20(12-10-18)30-14-13-29(35(32,33)22-8-5-15-34-22)17-21(30)16-28-19-6-3-2-4-7-19/h2-12,15,21,28,31H,13-14,16-17H2,1H3/t21-,23-/m0/s1. The summed E-state index contributed by atoms with van der Waals surface area (Å²) in [5.41, 5.74) is -1.69. The molecule has 4 rings (SSSR count). The summed E-state index contributed by atoms with van der Waals surface area (Å²) in [6, 6.07) is 18.1. The van der Waals surface area contributed by atoms with E-state index in [4.69, 9.17) is 0 Å². The number of benzene rings is 2. The zero-order chi connectivity index (χ0) is 25.3. The lowest BCUT2D eigenvalue weighted by molar-refractivity contribution is -0.258. The molecule has 35 heavy (non-hydrogen) atoms. The van der Waals surface area contributed by atoms with Gasteiger partial charge in [0.2, 0.25) is 0 Å². The third-order valence-electron chi connectivity index (χ3n) is 6.16. The largest absolute Gasteiger partial charge is 0.421 e. The van der Waals surface area contributed by atoms with Crippen LogP contribution >= 0.6 is 11.3 Å². The topological polar surface area (TPSA) is 72.9 Å². The zero-order valence-electron chi connectivity index (χ0n) is 18.9. The normalized spacial score (nSPS) is 19.3. The maximum absolute atomic E-state index is 13.2. The number of aliphatic hydroxyl groups is 1. The fraction of sp³-hybridized carbons (Fsp3) is 0.333. The highest BCUT2D eigenvalue weighted by molar-refractivity contribution is 7.91. The molecule has 2 aromatic carbocycles. The number of halogens is 3. The van der Waals surface area contributed by atoms with Crippen LogP contribution < -0.4 is 10.2 Å². The lowest BCUT2D eigenvalue weighted by atomic mass is 9.95. The summed E-state index contributed by atoms with van der Waals surface area (Å²) in [5, 5.41) is 15.0. The van der Waals surface area contributed by atoms with E-state index in [2.05, 4.69) is 5.32 Å². The number of hydrogen-bond donors (Lipinski definition) is 2. The van der Waals surface area contributed by atoms with E-state index in [0.717, 1.165) is 23.9 Å². The van der Waals surface area contributed by atoms with Gasteiger partial charge in [-0.3, -0.25) is 0 Å². The molecule has 0 spiro atoms. The van der Waals surface area contributed by atoms with Crippen molar-refractivity contribution in [3.05, 3.63) is 77.7 Å². The highest BCUT2D eigenvalue weighted by atomic mass is 32.2. The maximum Gasteiger partial charge on any atom is 0.421 e. The molecule has 188 valence electrons. The van der Waals surface area contributed by atoms with Gasteiger partial charge in [-0.1, -0.05) is 36.4 Å². The van der Waals surface area contributed by atoms with Gasteiger partial charge in [0.15, 0.2) is 5.60 Å². The first kappa shape index (κ1) is 25.5. The number of alkyl halides is 3. The van der Waals surface area contributed by atoms with E-state index in [9.17, 15) is 26.7 Å². The van der Waals surface area contributed by atoms with E-state index in [-0.39, 0.29) is 28.9 Å². The minimum absolute atomic E-state index is 0.210.